The standard InChI is InChI=1S/C12H16N2/c1-9(2)11-5-4-10(3)12(8-11)14-7-6-13/h4-5,8-9,14H,7H2,1-3H3. The second-order valence-corrected chi connectivity index (χ2v) is 3.74. The molecule has 0 fully saturated rings. The number of hydrogen-bond donors (Lipinski definition) is 1. The fourth-order valence-corrected chi connectivity index (χ4v) is 1.32. The number of nitrogens with zero attached hydrogens (tertiary/aromatic N) is 1. The molecular weight excluding hydrogens is 172 g/mol. The third-order valence-corrected chi connectivity index (χ3v) is 2.29. The summed E-state index contributed by atoms with van der Waals surface area (Å²) in [7, 11) is 0. The van der Waals surface area contributed by atoms with E-state index in [9.17, 15) is 0 Å². The van der Waals surface area contributed by atoms with Crippen LogP contribution in [0.25, 0.3) is 0 Å². The van der Waals surface area contributed by atoms with Crippen LogP contribution in [0.4, 0.5) is 5.69 Å². The summed E-state index contributed by atoms with van der Waals surface area (Å²) < 4.78 is 0. The van der Waals surface area contributed by atoms with Crippen LogP contribution in [0.5, 0.6) is 0 Å². The van der Waals surface area contributed by atoms with Gasteiger partial charge >= 0.3 is 0 Å². The molecule has 0 spiro atoms. The molecule has 1 aromatic carbocycles. The average molecular weight is 188 g/mol. The smallest absolute Gasteiger partial charge is 0.103 e. The van der Waals surface area contributed by atoms with Gasteiger partial charge in [0, 0.05) is 5.69 Å². The van der Waals surface area contributed by atoms with Crippen LogP contribution in [0.2, 0.25) is 0 Å². The maximum atomic E-state index is 8.48. The van der Waals surface area contributed by atoms with Crippen LogP contribution >= 0.6 is 0 Å². The zero-order chi connectivity index (χ0) is 10.6. The summed E-state index contributed by atoms with van der Waals surface area (Å²) in [6.07, 6.45) is 0. The van der Waals surface area contributed by atoms with E-state index in [2.05, 4.69) is 43.4 Å². The first-order chi connectivity index (χ1) is 6.65. The summed E-state index contributed by atoms with van der Waals surface area (Å²) in [5.41, 5.74) is 3.55. The lowest BCUT2D eigenvalue weighted by molar-refractivity contribution is 0.866. The van der Waals surface area contributed by atoms with E-state index in [0.717, 1.165) is 5.69 Å². The molecule has 0 aliphatic heterocycles. The van der Waals surface area contributed by atoms with Crippen LogP contribution in [-0.4, -0.2) is 6.54 Å². The molecule has 0 amide bonds. The van der Waals surface area contributed by atoms with Gasteiger partial charge in [0.25, 0.3) is 0 Å². The molecule has 0 bridgehead atoms. The summed E-state index contributed by atoms with van der Waals surface area (Å²) in [5, 5.41) is 11.6. The molecular formula is C12H16N2. The number of aryl methyl sites for hydroxylation is 1. The molecule has 14 heavy (non-hydrogen) atoms. The van der Waals surface area contributed by atoms with E-state index < -0.39 is 0 Å². The van der Waals surface area contributed by atoms with Crippen molar-refractivity contribution < 1.29 is 0 Å². The van der Waals surface area contributed by atoms with Gasteiger partial charge in [0.1, 0.15) is 6.54 Å². The maximum Gasteiger partial charge on any atom is 0.103 e. The van der Waals surface area contributed by atoms with Crippen molar-refractivity contribution in [2.75, 3.05) is 11.9 Å². The molecule has 1 N–H and O–H groups in total. The molecule has 0 radical (unpaired) electrons. The van der Waals surface area contributed by atoms with E-state index in [-0.39, 0.29) is 0 Å². The van der Waals surface area contributed by atoms with Gasteiger partial charge in [0.2, 0.25) is 0 Å². The molecule has 2 nitrogen and oxygen atoms in total. The van der Waals surface area contributed by atoms with Crippen LogP contribution in [0.15, 0.2) is 18.2 Å². The Bertz CT molecular complexity index is 348. The molecule has 0 aliphatic rings. The Balaban J connectivity index is 2.91. The van der Waals surface area contributed by atoms with E-state index in [1.165, 1.54) is 11.1 Å². The van der Waals surface area contributed by atoms with Gasteiger partial charge in [-0.25, -0.2) is 0 Å². The third kappa shape index (κ3) is 2.50. The average Bonchev–Trinajstić information content (AvgIpc) is 2.16. The van der Waals surface area contributed by atoms with E-state index in [1.54, 1.807) is 0 Å². The zero-order valence-corrected chi connectivity index (χ0v) is 8.96. The number of benzene rings is 1. The van der Waals surface area contributed by atoms with Crippen molar-refractivity contribution in [1.29, 1.82) is 5.26 Å². The summed E-state index contributed by atoms with van der Waals surface area (Å²) in [6, 6.07) is 8.43. The molecule has 0 saturated heterocycles. The van der Waals surface area contributed by atoms with E-state index in [1.807, 2.05) is 6.92 Å². The molecule has 0 aliphatic carbocycles. The Morgan fingerprint density at radius 1 is 1.43 bits per heavy atom. The quantitative estimate of drug-likeness (QED) is 0.740. The highest BCUT2D eigenvalue weighted by atomic mass is 14.9. The molecule has 0 saturated carbocycles. The Morgan fingerprint density at radius 3 is 2.71 bits per heavy atom. The number of nitrogens with one attached hydrogen (secondary N) is 1. The highest BCUT2D eigenvalue weighted by Gasteiger charge is 2.02. The second-order valence-electron chi connectivity index (χ2n) is 3.74. The van der Waals surface area contributed by atoms with Crippen molar-refractivity contribution in [3.63, 3.8) is 0 Å². The Kier molecular flexibility index (Phi) is 3.53. The Morgan fingerprint density at radius 2 is 2.14 bits per heavy atom. The van der Waals surface area contributed by atoms with Crippen molar-refractivity contribution in [1.82, 2.24) is 0 Å². The van der Waals surface area contributed by atoms with Crippen molar-refractivity contribution in [2.24, 2.45) is 0 Å². The third-order valence-electron chi connectivity index (χ3n) is 2.29. The maximum absolute atomic E-state index is 8.48. The van der Waals surface area contributed by atoms with Gasteiger partial charge in [0.15, 0.2) is 0 Å². The van der Waals surface area contributed by atoms with Crippen molar-refractivity contribution in [2.45, 2.75) is 26.7 Å². The topological polar surface area (TPSA) is 35.8 Å². The fourth-order valence-electron chi connectivity index (χ4n) is 1.32. The van der Waals surface area contributed by atoms with Crippen LogP contribution < -0.4 is 5.32 Å². The Hall–Kier alpha value is -1.49. The molecule has 1 rings (SSSR count). The predicted molar refractivity (Wildman–Crippen MR) is 59.4 cm³/mol. The van der Waals surface area contributed by atoms with Crippen LogP contribution in [0, 0.1) is 18.3 Å². The lowest BCUT2D eigenvalue weighted by Crippen LogP contribution is -2.01. The lowest BCUT2D eigenvalue weighted by atomic mass is 10.0. The molecule has 0 unspecified atom stereocenters. The van der Waals surface area contributed by atoms with Crippen LogP contribution in [0.3, 0.4) is 0 Å². The molecule has 0 heterocycles. The minimum atomic E-state index is 0.363. The van der Waals surface area contributed by atoms with Crippen LogP contribution in [0.1, 0.15) is 30.9 Å². The predicted octanol–water partition coefficient (Wildman–Crippen LogP) is 3.05. The van der Waals surface area contributed by atoms with Crippen molar-refractivity contribution in [3.8, 4) is 6.07 Å². The van der Waals surface area contributed by atoms with Crippen molar-refractivity contribution >= 4 is 5.69 Å². The minimum absolute atomic E-state index is 0.363. The first-order valence-electron chi connectivity index (χ1n) is 4.86. The van der Waals surface area contributed by atoms with Crippen molar-refractivity contribution in [3.05, 3.63) is 29.3 Å². The van der Waals surface area contributed by atoms with Gasteiger partial charge < -0.3 is 5.32 Å². The largest absolute Gasteiger partial charge is 0.372 e. The monoisotopic (exact) mass is 188 g/mol. The SMILES string of the molecule is Cc1ccc(C(C)C)cc1NCC#N. The Labute approximate surface area is 85.6 Å². The molecule has 74 valence electrons. The number of hydrogen-bond acceptors (Lipinski definition) is 2. The zero-order valence-electron chi connectivity index (χ0n) is 8.96. The molecule has 0 aromatic heterocycles. The minimum Gasteiger partial charge on any atom is -0.372 e. The summed E-state index contributed by atoms with van der Waals surface area (Å²) in [4.78, 5) is 0. The lowest BCUT2D eigenvalue weighted by Gasteiger charge is -2.11. The number of nitriles is 1. The first kappa shape index (κ1) is 10.6. The normalized spacial score (nSPS) is 9.93. The van der Waals surface area contributed by atoms with E-state index in [0.29, 0.717) is 12.5 Å². The summed E-state index contributed by atoms with van der Waals surface area (Å²) in [6.45, 7) is 6.74. The molecule has 2 heteroatoms. The number of rotatable bonds is 3. The van der Waals surface area contributed by atoms with Gasteiger partial charge in [-0.1, -0.05) is 26.0 Å². The van der Waals surface area contributed by atoms with E-state index >= 15 is 0 Å². The first-order valence-corrected chi connectivity index (χ1v) is 4.86. The van der Waals surface area contributed by atoms with Gasteiger partial charge in [-0.15, -0.1) is 0 Å². The second kappa shape index (κ2) is 4.66. The highest BCUT2D eigenvalue weighted by molar-refractivity contribution is 5.53. The molecule has 1 aromatic rings. The summed E-state index contributed by atoms with van der Waals surface area (Å²) >= 11 is 0. The highest BCUT2D eigenvalue weighted by Crippen LogP contribution is 2.21. The van der Waals surface area contributed by atoms with Gasteiger partial charge in [0.05, 0.1) is 6.07 Å². The summed E-state index contributed by atoms with van der Waals surface area (Å²) in [5.74, 6) is 0.526. The van der Waals surface area contributed by atoms with Gasteiger partial charge in [-0.2, -0.15) is 5.26 Å². The molecule has 0 atom stereocenters. The van der Waals surface area contributed by atoms with Crippen LogP contribution in [-0.2, 0) is 0 Å². The van der Waals surface area contributed by atoms with Gasteiger partial charge in [-0.3, -0.25) is 0 Å². The van der Waals surface area contributed by atoms with E-state index in [4.69, 9.17) is 5.26 Å². The number of anilines is 1. The van der Waals surface area contributed by atoms with Gasteiger partial charge in [-0.05, 0) is 30.0 Å². The fraction of sp³-hybridized carbons (Fsp3) is 0.417.